The highest BCUT2D eigenvalue weighted by Gasteiger charge is 2.08. The lowest BCUT2D eigenvalue weighted by molar-refractivity contribution is 0.409. The lowest BCUT2D eigenvalue weighted by Crippen LogP contribution is -2.18. The molecular weight excluding hydrogens is 266 g/mol. The van der Waals surface area contributed by atoms with Gasteiger partial charge in [-0.05, 0) is 42.8 Å². The molecule has 0 fully saturated rings. The highest BCUT2D eigenvalue weighted by molar-refractivity contribution is 5.39. The zero-order valence-corrected chi connectivity index (χ0v) is 12.6. The van der Waals surface area contributed by atoms with Gasteiger partial charge >= 0.3 is 0 Å². The topological polar surface area (TPSA) is 50.7 Å². The van der Waals surface area contributed by atoms with Gasteiger partial charge in [-0.3, -0.25) is 0 Å². The van der Waals surface area contributed by atoms with Gasteiger partial charge in [-0.15, -0.1) is 0 Å². The molecule has 0 aromatic heterocycles. The molecule has 2 aromatic carbocycles. The van der Waals surface area contributed by atoms with Crippen LogP contribution in [-0.4, -0.2) is 19.3 Å². The Balaban J connectivity index is 2.01. The Hall–Kier alpha value is -2.20. The minimum absolute atomic E-state index is 0.168. The van der Waals surface area contributed by atoms with Crippen LogP contribution in [0.5, 0.6) is 17.2 Å². The van der Waals surface area contributed by atoms with Crippen LogP contribution in [0.2, 0.25) is 0 Å². The molecule has 0 saturated heterocycles. The van der Waals surface area contributed by atoms with E-state index >= 15 is 0 Å². The zero-order valence-electron chi connectivity index (χ0n) is 12.6. The molecule has 0 aliphatic heterocycles. The molecule has 2 aromatic rings. The zero-order chi connectivity index (χ0) is 15.2. The summed E-state index contributed by atoms with van der Waals surface area (Å²) in [4.78, 5) is 0. The number of ether oxygens (including phenoxy) is 2. The summed E-state index contributed by atoms with van der Waals surface area (Å²) in [5.74, 6) is 1.85. The van der Waals surface area contributed by atoms with Crippen molar-refractivity contribution in [3.05, 3.63) is 53.6 Å². The summed E-state index contributed by atoms with van der Waals surface area (Å²) in [6.07, 6.45) is 0. The maximum Gasteiger partial charge on any atom is 0.120 e. The van der Waals surface area contributed by atoms with Crippen molar-refractivity contribution in [1.82, 2.24) is 5.32 Å². The first-order valence-corrected chi connectivity index (χ1v) is 6.87. The fourth-order valence-electron chi connectivity index (χ4n) is 2.10. The molecular formula is C17H21NO3. The van der Waals surface area contributed by atoms with Crippen molar-refractivity contribution in [3.8, 4) is 17.2 Å². The lowest BCUT2D eigenvalue weighted by atomic mass is 10.1. The largest absolute Gasteiger partial charge is 0.508 e. The maximum absolute atomic E-state index is 9.87. The van der Waals surface area contributed by atoms with Gasteiger partial charge in [0.05, 0.1) is 14.2 Å². The first-order valence-electron chi connectivity index (χ1n) is 6.87. The monoisotopic (exact) mass is 287 g/mol. The molecule has 2 N–H and O–H groups in total. The number of rotatable bonds is 6. The van der Waals surface area contributed by atoms with E-state index in [-0.39, 0.29) is 11.8 Å². The molecule has 2 rings (SSSR count). The molecule has 0 spiro atoms. The molecule has 0 aliphatic rings. The molecule has 0 unspecified atom stereocenters. The average molecular weight is 287 g/mol. The first-order chi connectivity index (χ1) is 10.1. The fraction of sp³-hybridized carbons (Fsp3) is 0.294. The van der Waals surface area contributed by atoms with Crippen molar-refractivity contribution < 1.29 is 14.6 Å². The predicted octanol–water partition coefficient (Wildman–Crippen LogP) is 3.26. The summed E-state index contributed by atoms with van der Waals surface area (Å²) in [5.41, 5.74) is 1.98. The smallest absolute Gasteiger partial charge is 0.120 e. The standard InChI is InChI=1S/C17H21NO3/c1-12(13-4-6-15(20-2)7-5-13)18-11-14-10-16(21-3)8-9-17(14)19/h4-10,12,18-19H,11H2,1-3H3/t12-/m0/s1. The van der Waals surface area contributed by atoms with E-state index in [0.29, 0.717) is 6.54 Å². The van der Waals surface area contributed by atoms with Gasteiger partial charge in [0, 0.05) is 18.2 Å². The van der Waals surface area contributed by atoms with Crippen LogP contribution in [0.15, 0.2) is 42.5 Å². The third-order valence-electron chi connectivity index (χ3n) is 3.50. The van der Waals surface area contributed by atoms with Crippen LogP contribution in [0.1, 0.15) is 24.1 Å². The third-order valence-corrected chi connectivity index (χ3v) is 3.50. The average Bonchev–Trinajstić information content (AvgIpc) is 2.54. The molecule has 0 heterocycles. The molecule has 0 aliphatic carbocycles. The molecule has 0 amide bonds. The Morgan fingerprint density at radius 1 is 1.00 bits per heavy atom. The Morgan fingerprint density at radius 2 is 1.62 bits per heavy atom. The van der Waals surface area contributed by atoms with Crippen molar-refractivity contribution >= 4 is 0 Å². The van der Waals surface area contributed by atoms with Crippen LogP contribution in [0, 0.1) is 0 Å². The van der Waals surface area contributed by atoms with Gasteiger partial charge in [0.25, 0.3) is 0 Å². The Bertz CT molecular complexity index is 581. The molecule has 21 heavy (non-hydrogen) atoms. The second-order valence-electron chi connectivity index (χ2n) is 4.87. The number of nitrogens with one attached hydrogen (secondary N) is 1. The summed E-state index contributed by atoms with van der Waals surface area (Å²) < 4.78 is 10.3. The van der Waals surface area contributed by atoms with Crippen LogP contribution in [0.4, 0.5) is 0 Å². The van der Waals surface area contributed by atoms with Gasteiger partial charge in [-0.1, -0.05) is 12.1 Å². The van der Waals surface area contributed by atoms with Crippen LogP contribution < -0.4 is 14.8 Å². The highest BCUT2D eigenvalue weighted by atomic mass is 16.5. The van der Waals surface area contributed by atoms with Crippen molar-refractivity contribution in [3.63, 3.8) is 0 Å². The van der Waals surface area contributed by atoms with Crippen LogP contribution in [-0.2, 0) is 6.54 Å². The quantitative estimate of drug-likeness (QED) is 0.856. The fourth-order valence-corrected chi connectivity index (χ4v) is 2.10. The minimum Gasteiger partial charge on any atom is -0.508 e. The van der Waals surface area contributed by atoms with Gasteiger partial charge in [-0.2, -0.15) is 0 Å². The van der Waals surface area contributed by atoms with Crippen molar-refractivity contribution in [1.29, 1.82) is 0 Å². The summed E-state index contributed by atoms with van der Waals surface area (Å²) >= 11 is 0. The van der Waals surface area contributed by atoms with Gasteiger partial charge in [0.2, 0.25) is 0 Å². The molecule has 0 saturated carbocycles. The van der Waals surface area contributed by atoms with E-state index in [1.54, 1.807) is 26.4 Å². The summed E-state index contributed by atoms with van der Waals surface area (Å²) in [5, 5.41) is 13.3. The minimum atomic E-state index is 0.168. The predicted molar refractivity (Wildman–Crippen MR) is 82.9 cm³/mol. The summed E-state index contributed by atoms with van der Waals surface area (Å²) in [6, 6.07) is 13.3. The van der Waals surface area contributed by atoms with Gasteiger partial charge in [-0.25, -0.2) is 0 Å². The molecule has 0 bridgehead atoms. The number of benzene rings is 2. The third kappa shape index (κ3) is 3.89. The van der Waals surface area contributed by atoms with Crippen molar-refractivity contribution in [2.45, 2.75) is 19.5 Å². The number of hydrogen-bond donors (Lipinski definition) is 2. The van der Waals surface area contributed by atoms with E-state index in [0.717, 1.165) is 22.6 Å². The number of phenolic OH excluding ortho intramolecular Hbond substituents is 1. The van der Waals surface area contributed by atoms with E-state index in [9.17, 15) is 5.11 Å². The molecule has 4 heteroatoms. The van der Waals surface area contributed by atoms with Gasteiger partial charge < -0.3 is 19.9 Å². The van der Waals surface area contributed by atoms with Crippen molar-refractivity contribution in [2.24, 2.45) is 0 Å². The van der Waals surface area contributed by atoms with Gasteiger partial charge in [0.15, 0.2) is 0 Å². The van der Waals surface area contributed by atoms with E-state index in [1.807, 2.05) is 30.3 Å². The molecule has 0 radical (unpaired) electrons. The summed E-state index contributed by atoms with van der Waals surface area (Å²) in [7, 11) is 3.27. The molecule has 112 valence electrons. The number of aromatic hydroxyl groups is 1. The number of methoxy groups -OCH3 is 2. The van der Waals surface area contributed by atoms with E-state index < -0.39 is 0 Å². The van der Waals surface area contributed by atoms with Crippen LogP contribution in [0.3, 0.4) is 0 Å². The Kier molecular flexibility index (Phi) is 5.06. The number of hydrogen-bond acceptors (Lipinski definition) is 4. The SMILES string of the molecule is COc1ccc([C@H](C)NCc2cc(OC)ccc2O)cc1. The van der Waals surface area contributed by atoms with E-state index in [2.05, 4.69) is 12.2 Å². The van der Waals surface area contributed by atoms with E-state index in [4.69, 9.17) is 9.47 Å². The highest BCUT2D eigenvalue weighted by Crippen LogP contribution is 2.24. The van der Waals surface area contributed by atoms with Crippen LogP contribution in [0.25, 0.3) is 0 Å². The van der Waals surface area contributed by atoms with Gasteiger partial charge in [0.1, 0.15) is 17.2 Å². The van der Waals surface area contributed by atoms with E-state index in [1.165, 1.54) is 0 Å². The second-order valence-corrected chi connectivity index (χ2v) is 4.87. The summed E-state index contributed by atoms with van der Waals surface area (Å²) in [6.45, 7) is 2.65. The Morgan fingerprint density at radius 3 is 2.24 bits per heavy atom. The Labute approximate surface area is 125 Å². The van der Waals surface area contributed by atoms with Crippen molar-refractivity contribution in [2.75, 3.05) is 14.2 Å². The lowest BCUT2D eigenvalue weighted by Gasteiger charge is -2.16. The number of phenols is 1. The second kappa shape index (κ2) is 6.99. The first kappa shape index (κ1) is 15.2. The van der Waals surface area contributed by atoms with Crippen LogP contribution >= 0.6 is 0 Å². The maximum atomic E-state index is 9.87. The normalized spacial score (nSPS) is 12.0. The molecule has 1 atom stereocenters. The molecule has 4 nitrogen and oxygen atoms in total.